The maximum absolute atomic E-state index is 2.41. The number of anilines is 3. The average Bonchev–Trinajstić information content (AvgIpc) is 3.45. The van der Waals surface area contributed by atoms with E-state index in [0.717, 1.165) is 17.1 Å². The zero-order chi connectivity index (χ0) is 47.1. The Labute approximate surface area is 414 Å². The third-order valence-electron chi connectivity index (χ3n) is 14.2. The van der Waals surface area contributed by atoms with Gasteiger partial charge < -0.3 is 4.90 Å². The van der Waals surface area contributed by atoms with Crippen LogP contribution in [0.1, 0.15) is 0 Å². The monoisotopic (exact) mass is 901 g/mol. The summed E-state index contributed by atoms with van der Waals surface area (Å²) < 4.78 is 0. The van der Waals surface area contributed by atoms with E-state index in [9.17, 15) is 0 Å². The van der Waals surface area contributed by atoms with Crippen LogP contribution in [-0.4, -0.2) is 0 Å². The molecular weight excluding hydrogens is 855 g/mol. The maximum atomic E-state index is 2.41. The van der Waals surface area contributed by atoms with E-state index in [2.05, 4.69) is 290 Å². The number of benzene rings is 13. The summed E-state index contributed by atoms with van der Waals surface area (Å²) in [4.78, 5) is 2.38. The van der Waals surface area contributed by atoms with Gasteiger partial charge in [0.25, 0.3) is 0 Å². The molecule has 0 bridgehead atoms. The standard InChI is InChI=1S/C70H47N/c1-4-15-48(16-5-1)56-31-32-58-46-62(43-37-57(58)45-56)71(60-39-33-50(34-40-60)49-27-29-53(30-28-49)64-26-14-22-52-17-10-11-23-63(52)64)61-41-35-51(36-42-61)59-38-44-66-65-24-12-13-25-67(65)69(54-18-6-2-7-19-54)70(68(66)47-59)55-20-8-3-9-21-55/h1-47H. The SMILES string of the molecule is c1ccc(-c2ccc3cc(N(c4ccc(-c5ccc(-c6cccc7ccccc67)cc5)cc4)c4ccc(-c5ccc6c(c5)c(-c5ccccc5)c(-c5ccccc5)c5ccccc56)cc4)ccc3c2)cc1. The van der Waals surface area contributed by atoms with Gasteiger partial charge in [0.15, 0.2) is 0 Å². The molecule has 0 N–H and O–H groups in total. The Hall–Kier alpha value is -9.30. The van der Waals surface area contributed by atoms with Crippen LogP contribution in [0.5, 0.6) is 0 Å². The van der Waals surface area contributed by atoms with Crippen LogP contribution in [0.4, 0.5) is 17.1 Å². The zero-order valence-corrected chi connectivity index (χ0v) is 39.1. The summed E-state index contributed by atoms with van der Waals surface area (Å²) in [6.45, 7) is 0. The normalized spacial score (nSPS) is 11.4. The fraction of sp³-hybridized carbons (Fsp3) is 0. The molecule has 71 heavy (non-hydrogen) atoms. The van der Waals surface area contributed by atoms with E-state index >= 15 is 0 Å². The van der Waals surface area contributed by atoms with Crippen molar-refractivity contribution in [2.75, 3.05) is 4.90 Å². The van der Waals surface area contributed by atoms with Crippen molar-refractivity contribution in [3.8, 4) is 66.8 Å². The van der Waals surface area contributed by atoms with E-state index in [1.165, 1.54) is 110 Å². The molecule has 0 amide bonds. The van der Waals surface area contributed by atoms with Gasteiger partial charge in [-0.3, -0.25) is 0 Å². The highest BCUT2D eigenvalue weighted by Crippen LogP contribution is 2.46. The second kappa shape index (κ2) is 18.0. The second-order valence-corrected chi connectivity index (χ2v) is 18.4. The summed E-state index contributed by atoms with van der Waals surface area (Å²) in [6.07, 6.45) is 0. The Morgan fingerprint density at radius 2 is 0.592 bits per heavy atom. The van der Waals surface area contributed by atoms with E-state index in [-0.39, 0.29) is 0 Å². The van der Waals surface area contributed by atoms with Crippen LogP contribution in [0.2, 0.25) is 0 Å². The maximum Gasteiger partial charge on any atom is 0.0468 e. The first kappa shape index (κ1) is 41.9. The lowest BCUT2D eigenvalue weighted by Crippen LogP contribution is -2.09. The fourth-order valence-corrected chi connectivity index (χ4v) is 10.7. The van der Waals surface area contributed by atoms with Crippen LogP contribution in [0.25, 0.3) is 110 Å². The predicted molar refractivity (Wildman–Crippen MR) is 304 cm³/mol. The highest BCUT2D eigenvalue weighted by Gasteiger charge is 2.19. The molecule has 0 aromatic heterocycles. The molecule has 0 saturated carbocycles. The third kappa shape index (κ3) is 7.80. The van der Waals surface area contributed by atoms with E-state index < -0.39 is 0 Å². The van der Waals surface area contributed by atoms with Gasteiger partial charge in [-0.2, -0.15) is 0 Å². The number of hydrogen-bond donors (Lipinski definition) is 0. The summed E-state index contributed by atoms with van der Waals surface area (Å²) >= 11 is 0. The van der Waals surface area contributed by atoms with Gasteiger partial charge in [0.05, 0.1) is 0 Å². The first-order valence-corrected chi connectivity index (χ1v) is 24.5. The van der Waals surface area contributed by atoms with Gasteiger partial charge in [0, 0.05) is 17.1 Å². The fourth-order valence-electron chi connectivity index (χ4n) is 10.7. The Morgan fingerprint density at radius 1 is 0.183 bits per heavy atom. The molecule has 0 spiro atoms. The molecule has 0 heterocycles. The topological polar surface area (TPSA) is 3.24 Å². The number of hydrogen-bond acceptors (Lipinski definition) is 1. The smallest absolute Gasteiger partial charge is 0.0468 e. The quantitative estimate of drug-likeness (QED) is 0.131. The molecule has 0 aliphatic heterocycles. The molecule has 0 unspecified atom stereocenters. The molecule has 13 aromatic carbocycles. The summed E-state index contributed by atoms with van der Waals surface area (Å²) in [6, 6.07) is 104. The Kier molecular flexibility index (Phi) is 10.6. The van der Waals surface area contributed by atoms with Gasteiger partial charge in [-0.25, -0.2) is 0 Å². The van der Waals surface area contributed by atoms with E-state index in [1.54, 1.807) is 0 Å². The highest BCUT2D eigenvalue weighted by molar-refractivity contribution is 6.22. The lowest BCUT2D eigenvalue weighted by molar-refractivity contribution is 1.29. The minimum absolute atomic E-state index is 1.09. The zero-order valence-electron chi connectivity index (χ0n) is 39.1. The summed E-state index contributed by atoms with van der Waals surface area (Å²) in [5, 5.41) is 9.94. The molecule has 0 aliphatic rings. The molecule has 0 aliphatic carbocycles. The Bertz CT molecular complexity index is 4040. The molecule has 332 valence electrons. The molecular formula is C70H47N. The lowest BCUT2D eigenvalue weighted by atomic mass is 9.84. The Balaban J connectivity index is 0.896. The van der Waals surface area contributed by atoms with Crippen LogP contribution in [0.3, 0.4) is 0 Å². The largest absolute Gasteiger partial charge is 0.310 e. The van der Waals surface area contributed by atoms with Crippen LogP contribution in [0.15, 0.2) is 285 Å². The molecule has 0 atom stereocenters. The summed E-state index contributed by atoms with van der Waals surface area (Å²) in [5.41, 5.74) is 17.8. The van der Waals surface area contributed by atoms with Gasteiger partial charge in [-0.1, -0.05) is 237 Å². The van der Waals surface area contributed by atoms with Crippen molar-refractivity contribution in [3.63, 3.8) is 0 Å². The van der Waals surface area contributed by atoms with Gasteiger partial charge >= 0.3 is 0 Å². The van der Waals surface area contributed by atoms with E-state index in [0.29, 0.717) is 0 Å². The van der Waals surface area contributed by atoms with Crippen LogP contribution < -0.4 is 4.90 Å². The molecule has 0 fully saturated rings. The number of fused-ring (bicyclic) bond motifs is 5. The number of rotatable bonds is 9. The molecule has 1 heteroatoms. The van der Waals surface area contributed by atoms with Crippen LogP contribution in [-0.2, 0) is 0 Å². The van der Waals surface area contributed by atoms with Crippen LogP contribution >= 0.6 is 0 Å². The predicted octanol–water partition coefficient (Wildman–Crippen LogP) is 19.8. The minimum atomic E-state index is 1.09. The second-order valence-electron chi connectivity index (χ2n) is 18.4. The lowest BCUT2D eigenvalue weighted by Gasteiger charge is -2.26. The average molecular weight is 902 g/mol. The molecule has 0 radical (unpaired) electrons. The summed E-state index contributed by atoms with van der Waals surface area (Å²) in [5.74, 6) is 0. The van der Waals surface area contributed by atoms with Gasteiger partial charge in [-0.05, 0) is 158 Å². The number of nitrogens with zero attached hydrogens (tertiary/aromatic N) is 1. The van der Waals surface area contributed by atoms with Crippen molar-refractivity contribution >= 4 is 60.2 Å². The van der Waals surface area contributed by atoms with Crippen molar-refractivity contribution in [1.29, 1.82) is 0 Å². The van der Waals surface area contributed by atoms with Gasteiger partial charge in [-0.15, -0.1) is 0 Å². The van der Waals surface area contributed by atoms with Crippen molar-refractivity contribution in [2.24, 2.45) is 0 Å². The van der Waals surface area contributed by atoms with Crippen molar-refractivity contribution in [1.82, 2.24) is 0 Å². The molecule has 1 nitrogen and oxygen atoms in total. The Morgan fingerprint density at radius 3 is 1.25 bits per heavy atom. The molecule has 0 saturated heterocycles. The first-order valence-electron chi connectivity index (χ1n) is 24.5. The highest BCUT2D eigenvalue weighted by atomic mass is 15.1. The molecule has 13 rings (SSSR count). The van der Waals surface area contributed by atoms with Crippen molar-refractivity contribution in [2.45, 2.75) is 0 Å². The first-order chi connectivity index (χ1) is 35.2. The van der Waals surface area contributed by atoms with Crippen LogP contribution in [0, 0.1) is 0 Å². The van der Waals surface area contributed by atoms with Gasteiger partial charge in [0.1, 0.15) is 0 Å². The minimum Gasteiger partial charge on any atom is -0.310 e. The molecule has 13 aromatic rings. The van der Waals surface area contributed by atoms with E-state index in [1.807, 2.05) is 0 Å². The third-order valence-corrected chi connectivity index (χ3v) is 14.2. The van der Waals surface area contributed by atoms with Gasteiger partial charge in [0.2, 0.25) is 0 Å². The van der Waals surface area contributed by atoms with Crippen molar-refractivity contribution in [3.05, 3.63) is 285 Å². The van der Waals surface area contributed by atoms with E-state index in [4.69, 9.17) is 0 Å². The van der Waals surface area contributed by atoms with Crippen molar-refractivity contribution < 1.29 is 0 Å². The summed E-state index contributed by atoms with van der Waals surface area (Å²) in [7, 11) is 0.